The molecule has 3 unspecified atom stereocenters. The second-order valence-corrected chi connectivity index (χ2v) is 15.2. The summed E-state index contributed by atoms with van der Waals surface area (Å²) in [6.07, 6.45) is 9.31. The number of ether oxygens (including phenoxy) is 1. The van der Waals surface area contributed by atoms with Gasteiger partial charge in [-0.05, 0) is 127 Å². The van der Waals surface area contributed by atoms with Crippen molar-refractivity contribution >= 4 is 16.9 Å². The monoisotopic (exact) mass is 792 g/mol. The summed E-state index contributed by atoms with van der Waals surface area (Å²) in [5.74, 6) is -7.98. The van der Waals surface area contributed by atoms with Crippen LogP contribution in [0.4, 0.5) is 26.3 Å². The van der Waals surface area contributed by atoms with E-state index < -0.39 is 34.9 Å². The first-order valence-electron chi connectivity index (χ1n) is 19.7. The average Bonchev–Trinajstić information content (AvgIpc) is 3.19. The van der Waals surface area contributed by atoms with Gasteiger partial charge in [-0.3, -0.25) is 4.79 Å². The maximum absolute atomic E-state index is 13.6. The summed E-state index contributed by atoms with van der Waals surface area (Å²) in [4.78, 5) is 25.1. The molecule has 0 aliphatic heterocycles. The van der Waals surface area contributed by atoms with Gasteiger partial charge in [0.15, 0.2) is 34.9 Å². The number of phenolic OH excluding ortho intramolecular Hbond substituents is 1. The molecule has 1 N–H and O–H groups in total. The summed E-state index contributed by atoms with van der Waals surface area (Å²) < 4.78 is 91.5. The van der Waals surface area contributed by atoms with Crippen molar-refractivity contribution in [2.75, 3.05) is 6.61 Å². The topological polar surface area (TPSA) is 76.7 Å². The Kier molecular flexibility index (Phi) is 13.2. The number of carbonyl (C=O) groups is 1. The number of rotatable bonds is 9. The highest BCUT2D eigenvalue weighted by Gasteiger charge is 2.38. The Hall–Kier alpha value is -5.06. The van der Waals surface area contributed by atoms with Gasteiger partial charge in [0.1, 0.15) is 11.3 Å². The summed E-state index contributed by atoms with van der Waals surface area (Å²) in [5.41, 5.74) is 3.57. The number of esters is 1. The smallest absolute Gasteiger partial charge is 0.339 e. The SMILES string of the molecule is CCCC1CC[C@@H](c2ccc(-c3cc(F)c(F)c(F)c3)cc2O)C(C(=O)OCC)C1.CCCC1CCc2c(c(=O)oc3cc(-c4cc(F)c(F)c(F)c4)ccc23)C1. The molecule has 4 aromatic carbocycles. The lowest BCUT2D eigenvalue weighted by molar-refractivity contribution is -0.150. The van der Waals surface area contributed by atoms with Gasteiger partial charge in [-0.15, -0.1) is 0 Å². The van der Waals surface area contributed by atoms with E-state index in [2.05, 4.69) is 13.8 Å². The van der Waals surface area contributed by atoms with Gasteiger partial charge in [0.25, 0.3) is 0 Å². The van der Waals surface area contributed by atoms with Gasteiger partial charge in [-0.25, -0.2) is 31.1 Å². The summed E-state index contributed by atoms with van der Waals surface area (Å²) in [7, 11) is 0. The van der Waals surface area contributed by atoms with Gasteiger partial charge in [0, 0.05) is 16.9 Å². The number of aryl methyl sites for hydroxylation is 1. The number of aromatic hydroxyl groups is 1. The Morgan fingerprint density at radius 3 is 1.88 bits per heavy atom. The molecule has 1 fully saturated rings. The van der Waals surface area contributed by atoms with Crippen LogP contribution in [0.25, 0.3) is 33.2 Å². The first kappa shape index (κ1) is 41.6. The minimum absolute atomic E-state index is 0.0501. The summed E-state index contributed by atoms with van der Waals surface area (Å²) >= 11 is 0. The van der Waals surface area contributed by atoms with E-state index in [0.717, 1.165) is 98.6 Å². The lowest BCUT2D eigenvalue weighted by Gasteiger charge is -2.35. The van der Waals surface area contributed by atoms with E-state index >= 15 is 0 Å². The van der Waals surface area contributed by atoms with E-state index in [9.17, 15) is 41.0 Å². The molecule has 0 bridgehead atoms. The minimum atomic E-state index is -1.53. The number of phenols is 1. The fraction of sp³-hybridized carbons (Fsp3) is 0.391. The summed E-state index contributed by atoms with van der Waals surface area (Å²) in [5, 5.41) is 11.5. The van der Waals surface area contributed by atoms with Crippen LogP contribution in [-0.4, -0.2) is 17.7 Å². The lowest BCUT2D eigenvalue weighted by Crippen LogP contribution is -2.31. The van der Waals surface area contributed by atoms with Crippen molar-refractivity contribution < 1.29 is 45.4 Å². The molecule has 4 atom stereocenters. The molecule has 57 heavy (non-hydrogen) atoms. The van der Waals surface area contributed by atoms with E-state index in [-0.39, 0.29) is 40.3 Å². The fourth-order valence-corrected chi connectivity index (χ4v) is 8.66. The molecule has 1 aromatic heterocycles. The third-order valence-electron chi connectivity index (χ3n) is 11.4. The van der Waals surface area contributed by atoms with Crippen molar-refractivity contribution in [3.8, 4) is 28.0 Å². The van der Waals surface area contributed by atoms with Gasteiger partial charge in [0.2, 0.25) is 0 Å². The lowest BCUT2D eigenvalue weighted by atomic mass is 9.70. The molecule has 2 aliphatic carbocycles. The molecule has 0 amide bonds. The zero-order valence-corrected chi connectivity index (χ0v) is 32.2. The predicted molar refractivity (Wildman–Crippen MR) is 207 cm³/mol. The summed E-state index contributed by atoms with van der Waals surface area (Å²) in [6.45, 7) is 6.33. The Morgan fingerprint density at radius 1 is 0.719 bits per heavy atom. The number of halogens is 6. The molecule has 2 aliphatic rings. The zero-order chi connectivity index (χ0) is 41.0. The maximum atomic E-state index is 13.6. The normalized spacial score (nSPS) is 19.1. The number of benzene rings is 4. The third kappa shape index (κ3) is 9.08. The summed E-state index contributed by atoms with van der Waals surface area (Å²) in [6, 6.07) is 13.5. The fourth-order valence-electron chi connectivity index (χ4n) is 8.66. The average molecular weight is 793 g/mol. The molecule has 302 valence electrons. The van der Waals surface area contributed by atoms with Crippen LogP contribution < -0.4 is 5.63 Å². The minimum Gasteiger partial charge on any atom is -0.508 e. The highest BCUT2D eigenvalue weighted by atomic mass is 19.2. The van der Waals surface area contributed by atoms with Crippen LogP contribution in [0.15, 0.2) is 69.9 Å². The Balaban J connectivity index is 0.000000194. The van der Waals surface area contributed by atoms with Crippen LogP contribution in [0.5, 0.6) is 5.75 Å². The quantitative estimate of drug-likeness (QED) is 0.0696. The third-order valence-corrected chi connectivity index (χ3v) is 11.4. The van der Waals surface area contributed by atoms with Crippen LogP contribution in [0.2, 0.25) is 0 Å². The van der Waals surface area contributed by atoms with E-state index in [4.69, 9.17) is 9.15 Å². The van der Waals surface area contributed by atoms with E-state index in [0.29, 0.717) is 47.1 Å². The van der Waals surface area contributed by atoms with Crippen molar-refractivity contribution in [2.45, 2.75) is 90.9 Å². The van der Waals surface area contributed by atoms with Crippen LogP contribution in [-0.2, 0) is 22.4 Å². The van der Waals surface area contributed by atoms with E-state index in [1.807, 2.05) is 6.07 Å². The molecule has 0 spiro atoms. The van der Waals surface area contributed by atoms with E-state index in [1.54, 1.807) is 31.2 Å². The molecular formula is C46H46F6O5. The second-order valence-electron chi connectivity index (χ2n) is 15.2. The van der Waals surface area contributed by atoms with Gasteiger partial charge in [-0.1, -0.05) is 63.8 Å². The Morgan fingerprint density at radius 2 is 1.30 bits per heavy atom. The van der Waals surface area contributed by atoms with Crippen LogP contribution in [0.3, 0.4) is 0 Å². The van der Waals surface area contributed by atoms with E-state index in [1.165, 1.54) is 6.07 Å². The standard InChI is InChI=1S/C24H27F3O3.C22H19F3O2/c1-3-5-14-6-8-17(19(10-14)24(29)30-4-2)18-9-7-15(13-22(18)28)16-11-20(25)23(27)21(26)12-16;1-2-3-12-4-6-15-16-7-5-13(11-20(16)27-22(26)17(15)8-12)14-9-18(23)21(25)19(24)10-14/h7,9,11-14,17,19,28H,3-6,8,10H2,1-2H3;5,7,9-12H,2-4,6,8H2,1H3/t14?,17-,19?;/m0./s1. The molecule has 11 heteroatoms. The zero-order valence-electron chi connectivity index (χ0n) is 32.2. The first-order valence-corrected chi connectivity index (χ1v) is 19.7. The molecular weight excluding hydrogens is 746 g/mol. The largest absolute Gasteiger partial charge is 0.508 e. The van der Waals surface area contributed by atoms with Crippen molar-refractivity contribution in [1.82, 2.24) is 0 Å². The molecule has 1 saturated carbocycles. The predicted octanol–water partition coefficient (Wildman–Crippen LogP) is 12.1. The van der Waals surface area contributed by atoms with Crippen LogP contribution in [0, 0.1) is 52.7 Å². The van der Waals surface area contributed by atoms with Gasteiger partial charge in [0.05, 0.1) is 12.5 Å². The van der Waals surface area contributed by atoms with Crippen LogP contribution >= 0.6 is 0 Å². The molecule has 0 saturated heterocycles. The number of hydrogen-bond acceptors (Lipinski definition) is 5. The molecule has 0 radical (unpaired) electrons. The van der Waals surface area contributed by atoms with Crippen molar-refractivity contribution in [3.63, 3.8) is 0 Å². The molecule has 5 aromatic rings. The van der Waals surface area contributed by atoms with Gasteiger partial charge < -0.3 is 14.3 Å². The van der Waals surface area contributed by atoms with Gasteiger partial charge in [-0.2, -0.15) is 0 Å². The second kappa shape index (κ2) is 18.0. The highest BCUT2D eigenvalue weighted by molar-refractivity contribution is 5.86. The Labute approximate surface area is 327 Å². The molecule has 7 rings (SSSR count). The molecule has 5 nitrogen and oxygen atoms in total. The molecule has 1 heterocycles. The van der Waals surface area contributed by atoms with Crippen molar-refractivity contribution in [2.24, 2.45) is 17.8 Å². The number of hydrogen-bond donors (Lipinski definition) is 1. The van der Waals surface area contributed by atoms with Crippen molar-refractivity contribution in [3.05, 3.63) is 123 Å². The van der Waals surface area contributed by atoms with Crippen LogP contribution in [0.1, 0.15) is 94.7 Å². The highest BCUT2D eigenvalue weighted by Crippen LogP contribution is 2.46. The number of fused-ring (bicyclic) bond motifs is 3. The number of carbonyl (C=O) groups excluding carboxylic acids is 1. The first-order chi connectivity index (χ1) is 27.3. The Bertz CT molecular complexity index is 2270. The van der Waals surface area contributed by atoms with Gasteiger partial charge >= 0.3 is 11.6 Å². The van der Waals surface area contributed by atoms with Crippen molar-refractivity contribution in [1.29, 1.82) is 0 Å². The maximum Gasteiger partial charge on any atom is 0.339 e.